The number of sulfonamides is 1. The minimum absolute atomic E-state index is 0.144. The van der Waals surface area contributed by atoms with E-state index in [9.17, 15) is 13.2 Å². The van der Waals surface area contributed by atoms with Gasteiger partial charge >= 0.3 is 0 Å². The maximum Gasteiger partial charge on any atom is 0.243 e. The molecule has 3 heterocycles. The smallest absolute Gasteiger partial charge is 0.243 e. The molecule has 2 aromatic rings. The number of hydrogen-bond donors (Lipinski definition) is 0. The van der Waals surface area contributed by atoms with Gasteiger partial charge in [0.2, 0.25) is 15.9 Å². The lowest BCUT2D eigenvalue weighted by molar-refractivity contribution is -0.131. The summed E-state index contributed by atoms with van der Waals surface area (Å²) in [7, 11) is -3.44. The minimum atomic E-state index is -3.44. The summed E-state index contributed by atoms with van der Waals surface area (Å²) in [5.41, 5.74) is 0.808. The Labute approximate surface area is 194 Å². The van der Waals surface area contributed by atoms with Gasteiger partial charge in [0.15, 0.2) is 11.0 Å². The summed E-state index contributed by atoms with van der Waals surface area (Å²) in [4.78, 5) is 15.0. The number of likely N-dealkylation sites (tertiary alicyclic amines) is 1. The Hall–Kier alpha value is -1.91. The Balaban J connectivity index is 1.47. The molecule has 0 N–H and O–H groups in total. The molecule has 2 fully saturated rings. The number of carbonyl (C=O) groups excluding carboxylic acids is 1. The highest BCUT2D eigenvalue weighted by molar-refractivity contribution is 7.99. The van der Waals surface area contributed by atoms with Gasteiger partial charge in [0.25, 0.3) is 0 Å². The molecular weight excluding hydrogens is 446 g/mol. The molecule has 0 saturated carbocycles. The van der Waals surface area contributed by atoms with Gasteiger partial charge in [-0.1, -0.05) is 11.8 Å². The predicted octanol–water partition coefficient (Wildman–Crippen LogP) is 3.24. The van der Waals surface area contributed by atoms with Crippen LogP contribution in [0.15, 0.2) is 34.3 Å². The van der Waals surface area contributed by atoms with Crippen LogP contribution in [0.3, 0.4) is 0 Å². The Morgan fingerprint density at radius 2 is 1.75 bits per heavy atom. The number of benzene rings is 1. The molecule has 1 aromatic carbocycles. The normalized spacial score (nSPS) is 20.1. The topological polar surface area (TPSA) is 88.4 Å². The lowest BCUT2D eigenvalue weighted by Gasteiger charge is -2.33. The van der Waals surface area contributed by atoms with Crippen LogP contribution in [0, 0.1) is 0 Å². The van der Waals surface area contributed by atoms with Crippen molar-refractivity contribution in [2.24, 2.45) is 0 Å². The molecule has 0 radical (unpaired) electrons. The van der Waals surface area contributed by atoms with Crippen LogP contribution in [0.5, 0.6) is 0 Å². The summed E-state index contributed by atoms with van der Waals surface area (Å²) >= 11 is 1.41. The van der Waals surface area contributed by atoms with E-state index in [4.69, 9.17) is 0 Å². The largest absolute Gasteiger partial charge is 0.339 e. The maximum absolute atomic E-state index is 12.8. The molecule has 0 bridgehead atoms. The van der Waals surface area contributed by atoms with Crippen LogP contribution in [0.1, 0.15) is 46.0 Å². The molecule has 2 aliphatic rings. The first-order valence-corrected chi connectivity index (χ1v) is 13.8. The highest BCUT2D eigenvalue weighted by atomic mass is 32.2. The second-order valence-electron chi connectivity index (χ2n) is 8.41. The predicted molar refractivity (Wildman–Crippen MR) is 125 cm³/mol. The molecule has 0 aliphatic carbocycles. The zero-order chi connectivity index (χ0) is 22.7. The van der Waals surface area contributed by atoms with E-state index in [-0.39, 0.29) is 5.91 Å². The van der Waals surface area contributed by atoms with Crippen LogP contribution in [0.25, 0.3) is 11.4 Å². The zero-order valence-corrected chi connectivity index (χ0v) is 20.4. The van der Waals surface area contributed by atoms with E-state index >= 15 is 0 Å². The molecule has 10 heteroatoms. The number of hydrogen-bond acceptors (Lipinski definition) is 6. The zero-order valence-electron chi connectivity index (χ0n) is 18.7. The van der Waals surface area contributed by atoms with E-state index < -0.39 is 10.0 Å². The van der Waals surface area contributed by atoms with Crippen molar-refractivity contribution in [2.75, 3.05) is 25.4 Å². The standard InChI is InChI=1S/C22H31N5O3S2/c1-3-26-21(18-9-11-19(12-10-18)32(29,30)25-13-6-7-14-25)23-24-22(26)31-16-20(28)27-15-5-4-8-17(27)2/h9-12,17H,3-8,13-16H2,1-2H3/t17-/m0/s1. The molecule has 4 rings (SSSR count). The Morgan fingerprint density at radius 3 is 2.41 bits per heavy atom. The van der Waals surface area contributed by atoms with E-state index in [1.807, 2.05) is 16.4 Å². The molecular formula is C22H31N5O3S2. The second kappa shape index (κ2) is 9.93. The summed E-state index contributed by atoms with van der Waals surface area (Å²) in [6, 6.07) is 7.16. The number of piperidine rings is 1. The van der Waals surface area contributed by atoms with Gasteiger partial charge in [0, 0.05) is 37.8 Å². The number of amides is 1. The second-order valence-corrected chi connectivity index (χ2v) is 11.3. The minimum Gasteiger partial charge on any atom is -0.339 e. The first kappa shape index (κ1) is 23.3. The fourth-order valence-corrected chi connectivity index (χ4v) is 6.83. The average molecular weight is 478 g/mol. The van der Waals surface area contributed by atoms with Gasteiger partial charge in [0.05, 0.1) is 10.6 Å². The van der Waals surface area contributed by atoms with E-state index in [1.54, 1.807) is 28.6 Å². The van der Waals surface area contributed by atoms with Crippen molar-refractivity contribution in [1.29, 1.82) is 0 Å². The molecule has 0 spiro atoms. The third kappa shape index (κ3) is 4.72. The Bertz CT molecular complexity index is 1050. The van der Waals surface area contributed by atoms with Gasteiger partial charge in [-0.3, -0.25) is 4.79 Å². The summed E-state index contributed by atoms with van der Waals surface area (Å²) in [5, 5.41) is 9.35. The van der Waals surface area contributed by atoms with E-state index in [1.165, 1.54) is 18.2 Å². The van der Waals surface area contributed by atoms with Crippen molar-refractivity contribution in [3.8, 4) is 11.4 Å². The average Bonchev–Trinajstić information content (AvgIpc) is 3.48. The monoisotopic (exact) mass is 477 g/mol. The maximum atomic E-state index is 12.8. The molecule has 32 heavy (non-hydrogen) atoms. The molecule has 1 atom stereocenters. The fourth-order valence-electron chi connectivity index (χ4n) is 4.43. The molecule has 1 aromatic heterocycles. The molecule has 0 unspecified atom stereocenters. The summed E-state index contributed by atoms with van der Waals surface area (Å²) < 4.78 is 29.1. The quantitative estimate of drug-likeness (QED) is 0.569. The van der Waals surface area contributed by atoms with E-state index in [0.717, 1.165) is 37.8 Å². The summed E-state index contributed by atoms with van der Waals surface area (Å²) in [5.74, 6) is 1.17. The molecule has 8 nitrogen and oxygen atoms in total. The molecule has 2 saturated heterocycles. The van der Waals surface area contributed by atoms with Crippen LogP contribution < -0.4 is 0 Å². The lowest BCUT2D eigenvalue weighted by atomic mass is 10.0. The Morgan fingerprint density at radius 1 is 1.06 bits per heavy atom. The summed E-state index contributed by atoms with van der Waals surface area (Å²) in [6.45, 7) is 6.79. The molecule has 174 valence electrons. The number of nitrogens with zero attached hydrogens (tertiary/aromatic N) is 5. The van der Waals surface area contributed by atoms with E-state index in [2.05, 4.69) is 17.1 Å². The van der Waals surface area contributed by atoms with Gasteiger partial charge in [-0.2, -0.15) is 4.31 Å². The third-order valence-corrected chi connectivity index (χ3v) is 9.16. The fraction of sp³-hybridized carbons (Fsp3) is 0.591. The molecule has 2 aliphatic heterocycles. The third-order valence-electron chi connectivity index (χ3n) is 6.30. The highest BCUT2D eigenvalue weighted by Crippen LogP contribution is 2.27. The van der Waals surface area contributed by atoms with Gasteiger partial charge < -0.3 is 9.47 Å². The highest BCUT2D eigenvalue weighted by Gasteiger charge is 2.27. The van der Waals surface area contributed by atoms with Crippen molar-refractivity contribution >= 4 is 27.7 Å². The number of aromatic nitrogens is 3. The van der Waals surface area contributed by atoms with Crippen molar-refractivity contribution in [3.05, 3.63) is 24.3 Å². The first-order valence-electron chi connectivity index (χ1n) is 11.4. The summed E-state index contributed by atoms with van der Waals surface area (Å²) in [6.07, 6.45) is 5.14. The first-order chi connectivity index (χ1) is 15.4. The van der Waals surface area contributed by atoms with Gasteiger partial charge in [-0.25, -0.2) is 8.42 Å². The Kier molecular flexibility index (Phi) is 7.21. The van der Waals surface area contributed by atoms with Crippen LogP contribution >= 0.6 is 11.8 Å². The number of carbonyl (C=O) groups is 1. The SMILES string of the molecule is CCn1c(SCC(=O)N2CCCC[C@@H]2C)nnc1-c1ccc(S(=O)(=O)N2CCCC2)cc1. The van der Waals surface area contributed by atoms with Gasteiger partial charge in [0.1, 0.15) is 0 Å². The van der Waals surface area contributed by atoms with Crippen molar-refractivity contribution in [3.63, 3.8) is 0 Å². The van der Waals surface area contributed by atoms with E-state index in [0.29, 0.717) is 47.3 Å². The number of rotatable bonds is 7. The van der Waals surface area contributed by atoms with Crippen LogP contribution in [0.4, 0.5) is 0 Å². The van der Waals surface area contributed by atoms with Gasteiger partial charge in [-0.05, 0) is 70.2 Å². The molecule has 1 amide bonds. The van der Waals surface area contributed by atoms with Crippen LogP contribution in [-0.2, 0) is 21.4 Å². The number of thioether (sulfide) groups is 1. The van der Waals surface area contributed by atoms with Crippen LogP contribution in [0.2, 0.25) is 0 Å². The van der Waals surface area contributed by atoms with Crippen molar-refractivity contribution in [2.45, 2.75) is 68.6 Å². The lowest BCUT2D eigenvalue weighted by Crippen LogP contribution is -2.43. The van der Waals surface area contributed by atoms with Crippen molar-refractivity contribution in [1.82, 2.24) is 24.0 Å². The van der Waals surface area contributed by atoms with Gasteiger partial charge in [-0.15, -0.1) is 10.2 Å². The van der Waals surface area contributed by atoms with Crippen LogP contribution in [-0.4, -0.2) is 69.7 Å². The van der Waals surface area contributed by atoms with Crippen molar-refractivity contribution < 1.29 is 13.2 Å².